The molecule has 1 N–H and O–H groups in total. The largest absolute Gasteiger partial charge is 0.394 e. The molecule has 1 saturated heterocycles. The average Bonchev–Trinajstić information content (AvgIpc) is 3.57. The van der Waals surface area contributed by atoms with Crippen molar-refractivity contribution in [3.63, 3.8) is 0 Å². The Bertz CT molecular complexity index is 2270. The lowest BCUT2D eigenvalue weighted by atomic mass is 9.82. The molecule has 2 amide bonds. The molecule has 52 heavy (non-hydrogen) atoms. The van der Waals surface area contributed by atoms with Crippen molar-refractivity contribution in [3.8, 4) is 5.69 Å². The maximum Gasteiger partial charge on any atom is 0.279 e. The van der Waals surface area contributed by atoms with Crippen LogP contribution in [0.25, 0.3) is 16.5 Å². The summed E-state index contributed by atoms with van der Waals surface area (Å²) in [6, 6.07) is 29.6. The summed E-state index contributed by atoms with van der Waals surface area (Å²) in [5.41, 5.74) is 2.42. The SMILES string of the molecule is C[C@@H]1[C@@H]([Si](C)(C)F)[C@H](CC(=O)N2Cc3ccccc3C[C@H]2CO)O[C@@]12C(=O)N(Cc1cccc(-n3ncc4ccccc4c3=O)c1)c1ccccc12. The first kappa shape index (κ1) is 34.1. The summed E-state index contributed by atoms with van der Waals surface area (Å²) >= 11 is 0. The van der Waals surface area contributed by atoms with Crippen LogP contribution in [-0.2, 0) is 39.4 Å². The lowest BCUT2D eigenvalue weighted by Crippen LogP contribution is -2.48. The van der Waals surface area contributed by atoms with Crippen molar-refractivity contribution in [2.75, 3.05) is 11.5 Å². The standard InChI is InChI=1S/C41H41FN4O5Si/c1-26-38(52(2,3)42)36(21-37(48)44-24-30-14-5-4-12-28(30)20-32(44)25-47)51-41(26)34-17-8-9-18-35(34)45(40(41)50)23-27-11-10-15-31(19-27)46-39(49)33-16-7-6-13-29(33)22-43-46/h4-19,22,26,32,36,38,47H,20-21,23-25H2,1-3H3/t26-,32+,36+,38-,41+/m1/s1. The number of hydrogen-bond acceptors (Lipinski definition) is 6. The molecule has 3 aliphatic heterocycles. The first-order valence-corrected chi connectivity index (χ1v) is 20.8. The van der Waals surface area contributed by atoms with Crippen molar-refractivity contribution in [1.82, 2.24) is 14.7 Å². The second-order valence-electron chi connectivity index (χ2n) is 14.8. The number of para-hydroxylation sites is 1. The Labute approximate surface area is 302 Å². The first-order valence-electron chi connectivity index (χ1n) is 17.8. The minimum Gasteiger partial charge on any atom is -0.394 e. The smallest absolute Gasteiger partial charge is 0.279 e. The molecule has 0 radical (unpaired) electrons. The summed E-state index contributed by atoms with van der Waals surface area (Å²) in [5.74, 6) is -1.08. The number of benzene rings is 4. The van der Waals surface area contributed by atoms with Crippen LogP contribution in [0, 0.1) is 5.92 Å². The number of ether oxygens (including phenoxy) is 1. The Morgan fingerprint density at radius 1 is 0.981 bits per heavy atom. The Kier molecular flexibility index (Phi) is 8.47. The second-order valence-corrected chi connectivity index (χ2v) is 18.6. The predicted molar refractivity (Wildman–Crippen MR) is 199 cm³/mol. The normalized spacial score (nSPS) is 24.1. The van der Waals surface area contributed by atoms with E-state index < -0.39 is 37.6 Å². The molecule has 3 aliphatic rings. The summed E-state index contributed by atoms with van der Waals surface area (Å²) in [6.07, 6.45) is 1.26. The van der Waals surface area contributed by atoms with E-state index in [1.54, 1.807) is 41.2 Å². The molecule has 4 heterocycles. The van der Waals surface area contributed by atoms with Gasteiger partial charge in [-0.15, -0.1) is 0 Å². The lowest BCUT2D eigenvalue weighted by Gasteiger charge is -2.37. The van der Waals surface area contributed by atoms with Gasteiger partial charge in [-0.25, -0.2) is 0 Å². The van der Waals surface area contributed by atoms with Gasteiger partial charge in [0.05, 0.1) is 54.7 Å². The molecule has 0 bridgehead atoms. The van der Waals surface area contributed by atoms with E-state index >= 15 is 4.11 Å². The molecule has 5 aromatic rings. The van der Waals surface area contributed by atoms with Crippen molar-refractivity contribution < 1.29 is 23.5 Å². The van der Waals surface area contributed by atoms with E-state index in [0.717, 1.165) is 22.1 Å². The summed E-state index contributed by atoms with van der Waals surface area (Å²) < 4.78 is 24.7. The van der Waals surface area contributed by atoms with Gasteiger partial charge in [0.25, 0.3) is 11.5 Å². The van der Waals surface area contributed by atoms with Crippen molar-refractivity contribution in [3.05, 3.63) is 136 Å². The number of nitrogens with zero attached hydrogens (tertiary/aromatic N) is 4. The van der Waals surface area contributed by atoms with Crippen LogP contribution in [0.5, 0.6) is 0 Å². The third kappa shape index (κ3) is 5.50. The van der Waals surface area contributed by atoms with E-state index in [9.17, 15) is 19.5 Å². The number of hydrogen-bond donors (Lipinski definition) is 1. The molecule has 11 heteroatoms. The number of aromatic nitrogens is 2. The number of amides is 2. The van der Waals surface area contributed by atoms with E-state index in [2.05, 4.69) is 5.10 Å². The fourth-order valence-corrected chi connectivity index (χ4v) is 11.4. The summed E-state index contributed by atoms with van der Waals surface area (Å²) in [5, 5.41) is 16.0. The number of aliphatic hydroxyl groups is 1. The number of rotatable bonds is 7. The molecule has 4 aromatic carbocycles. The zero-order valence-corrected chi connectivity index (χ0v) is 30.4. The Morgan fingerprint density at radius 2 is 1.71 bits per heavy atom. The van der Waals surface area contributed by atoms with Gasteiger partial charge in [-0.3, -0.25) is 14.4 Å². The van der Waals surface area contributed by atoms with E-state index in [1.165, 1.54) is 4.68 Å². The predicted octanol–water partition coefficient (Wildman–Crippen LogP) is 6.04. The summed E-state index contributed by atoms with van der Waals surface area (Å²) in [7, 11) is -3.52. The van der Waals surface area contributed by atoms with E-state index in [-0.39, 0.29) is 36.9 Å². The topological polar surface area (TPSA) is 105 Å². The Balaban J connectivity index is 1.11. The van der Waals surface area contributed by atoms with Crippen molar-refractivity contribution in [2.45, 2.75) is 69.2 Å². The third-order valence-electron chi connectivity index (χ3n) is 11.3. The van der Waals surface area contributed by atoms with Crippen LogP contribution < -0.4 is 10.5 Å². The molecule has 9 nitrogen and oxygen atoms in total. The van der Waals surface area contributed by atoms with Gasteiger partial charge in [-0.05, 0) is 60.5 Å². The highest BCUT2D eigenvalue weighted by atomic mass is 28.4. The number of aliphatic hydroxyl groups excluding tert-OH is 1. The molecule has 0 aliphatic carbocycles. The molecule has 1 fully saturated rings. The van der Waals surface area contributed by atoms with Gasteiger partial charge in [0.15, 0.2) is 5.60 Å². The van der Waals surface area contributed by atoms with Crippen LogP contribution in [-0.4, -0.2) is 58.8 Å². The van der Waals surface area contributed by atoms with Gasteiger partial charge in [0, 0.05) is 29.0 Å². The van der Waals surface area contributed by atoms with E-state index in [1.807, 2.05) is 91.9 Å². The number of fused-ring (bicyclic) bond motifs is 4. The second kappa shape index (κ2) is 12.9. The minimum absolute atomic E-state index is 0.0965. The fraction of sp³-hybridized carbons (Fsp3) is 0.317. The number of carbonyl (C=O) groups is 2. The Morgan fingerprint density at radius 3 is 2.50 bits per heavy atom. The van der Waals surface area contributed by atoms with Crippen LogP contribution >= 0.6 is 0 Å². The van der Waals surface area contributed by atoms with Gasteiger partial charge in [-0.2, -0.15) is 9.78 Å². The monoisotopic (exact) mass is 716 g/mol. The fourth-order valence-electron chi connectivity index (χ4n) is 8.93. The van der Waals surface area contributed by atoms with Gasteiger partial charge >= 0.3 is 0 Å². The molecule has 0 saturated carbocycles. The van der Waals surface area contributed by atoms with Gasteiger partial charge in [-0.1, -0.05) is 79.7 Å². The van der Waals surface area contributed by atoms with Crippen molar-refractivity contribution in [2.24, 2.45) is 5.92 Å². The van der Waals surface area contributed by atoms with Gasteiger partial charge in [0.1, 0.15) is 0 Å². The van der Waals surface area contributed by atoms with Crippen molar-refractivity contribution >= 4 is 36.7 Å². The first-order chi connectivity index (χ1) is 25.0. The number of anilines is 1. The molecule has 1 spiro atoms. The zero-order chi connectivity index (χ0) is 36.4. The van der Waals surface area contributed by atoms with Crippen LogP contribution in [0.1, 0.15) is 35.6 Å². The van der Waals surface area contributed by atoms with Gasteiger partial charge < -0.3 is 23.8 Å². The third-order valence-corrected chi connectivity index (χ3v) is 13.8. The highest BCUT2D eigenvalue weighted by molar-refractivity contribution is 6.72. The number of carbonyl (C=O) groups excluding carboxylic acids is 2. The lowest BCUT2D eigenvalue weighted by molar-refractivity contribution is -0.151. The molecule has 266 valence electrons. The van der Waals surface area contributed by atoms with Crippen LogP contribution in [0.15, 0.2) is 108 Å². The number of halogens is 1. The van der Waals surface area contributed by atoms with Crippen LogP contribution in [0.4, 0.5) is 9.80 Å². The maximum absolute atomic E-state index is 16.5. The zero-order valence-electron chi connectivity index (χ0n) is 29.4. The summed E-state index contributed by atoms with van der Waals surface area (Å²) in [6.45, 7) is 5.47. The Hall–Kier alpha value is -4.97. The maximum atomic E-state index is 16.5. The molecule has 8 rings (SSSR count). The molecule has 5 atom stereocenters. The van der Waals surface area contributed by atoms with Crippen molar-refractivity contribution in [1.29, 1.82) is 0 Å². The van der Waals surface area contributed by atoms with Crippen LogP contribution in [0.2, 0.25) is 18.6 Å². The summed E-state index contributed by atoms with van der Waals surface area (Å²) in [4.78, 5) is 45.7. The minimum atomic E-state index is -3.52. The molecular weight excluding hydrogens is 676 g/mol. The molecular formula is C41H41FN4O5Si. The quantitative estimate of drug-likeness (QED) is 0.163. The van der Waals surface area contributed by atoms with E-state index in [4.69, 9.17) is 4.74 Å². The highest BCUT2D eigenvalue weighted by Gasteiger charge is 2.67. The highest BCUT2D eigenvalue weighted by Crippen LogP contribution is 2.60. The van der Waals surface area contributed by atoms with Gasteiger partial charge in [0.2, 0.25) is 14.3 Å². The molecule has 1 aromatic heterocycles. The average molecular weight is 717 g/mol. The molecule has 0 unspecified atom stereocenters. The van der Waals surface area contributed by atoms with E-state index in [0.29, 0.717) is 35.3 Å². The van der Waals surface area contributed by atoms with Crippen LogP contribution in [0.3, 0.4) is 0 Å².